The van der Waals surface area contributed by atoms with Crippen molar-refractivity contribution in [1.29, 1.82) is 0 Å². The van der Waals surface area contributed by atoms with E-state index >= 15 is 0 Å². The Bertz CT molecular complexity index is 1050. The van der Waals surface area contributed by atoms with Crippen LogP contribution in [0.4, 0.5) is 11.6 Å². The molecule has 9 heteroatoms. The van der Waals surface area contributed by atoms with E-state index in [-0.39, 0.29) is 30.8 Å². The highest BCUT2D eigenvalue weighted by Gasteiger charge is 2.33. The molecule has 1 aliphatic rings. The van der Waals surface area contributed by atoms with Crippen molar-refractivity contribution >= 4 is 34.2 Å². The van der Waals surface area contributed by atoms with Gasteiger partial charge in [0.25, 0.3) is 0 Å². The predicted molar refractivity (Wildman–Crippen MR) is 106 cm³/mol. The van der Waals surface area contributed by atoms with Gasteiger partial charge in [-0.3, -0.25) is 14.9 Å². The first kappa shape index (κ1) is 19.0. The van der Waals surface area contributed by atoms with Crippen LogP contribution in [0.25, 0.3) is 10.8 Å². The van der Waals surface area contributed by atoms with Crippen LogP contribution in [0.1, 0.15) is 18.3 Å². The van der Waals surface area contributed by atoms with E-state index in [2.05, 4.69) is 20.7 Å². The van der Waals surface area contributed by atoms with Gasteiger partial charge in [-0.1, -0.05) is 30.3 Å². The quantitative estimate of drug-likeness (QED) is 0.594. The topological polar surface area (TPSA) is 107 Å². The van der Waals surface area contributed by atoms with Gasteiger partial charge in [0, 0.05) is 12.8 Å². The summed E-state index contributed by atoms with van der Waals surface area (Å²) in [7, 11) is 1.59. The summed E-state index contributed by atoms with van der Waals surface area (Å²) >= 11 is 0. The van der Waals surface area contributed by atoms with Crippen LogP contribution < -0.4 is 10.6 Å². The van der Waals surface area contributed by atoms with Crippen LogP contribution in [0.5, 0.6) is 0 Å². The number of ether oxygens (including phenoxy) is 2. The maximum Gasteiger partial charge on any atom is 0.249 e. The maximum absolute atomic E-state index is 12.9. The first-order chi connectivity index (χ1) is 14.1. The van der Waals surface area contributed by atoms with E-state index in [0.717, 1.165) is 10.8 Å². The summed E-state index contributed by atoms with van der Waals surface area (Å²) in [6.45, 7) is 1.03. The third-order valence-electron chi connectivity index (χ3n) is 4.58. The number of amides is 2. The molecule has 9 nitrogen and oxygen atoms in total. The van der Waals surface area contributed by atoms with Crippen molar-refractivity contribution in [1.82, 2.24) is 14.8 Å². The summed E-state index contributed by atoms with van der Waals surface area (Å²) in [5.74, 6) is 0.0237. The van der Waals surface area contributed by atoms with Gasteiger partial charge in [-0.2, -0.15) is 10.1 Å². The molecule has 1 aliphatic heterocycles. The Labute approximate surface area is 167 Å². The fraction of sp³-hybridized carbons (Fsp3) is 0.300. The Kier molecular flexibility index (Phi) is 5.50. The van der Waals surface area contributed by atoms with E-state index in [0.29, 0.717) is 24.7 Å². The number of nitrogens with zero attached hydrogens (tertiary/aromatic N) is 3. The summed E-state index contributed by atoms with van der Waals surface area (Å²) in [6, 6.07) is 12.8. The van der Waals surface area contributed by atoms with Gasteiger partial charge in [-0.05, 0) is 22.9 Å². The molecule has 0 fully saturated rings. The highest BCUT2D eigenvalue weighted by atomic mass is 16.5. The van der Waals surface area contributed by atoms with E-state index in [1.54, 1.807) is 7.11 Å². The molecule has 0 unspecified atom stereocenters. The summed E-state index contributed by atoms with van der Waals surface area (Å²) < 4.78 is 11.8. The van der Waals surface area contributed by atoms with Gasteiger partial charge in [0.05, 0.1) is 19.6 Å². The van der Waals surface area contributed by atoms with Gasteiger partial charge >= 0.3 is 0 Å². The Morgan fingerprint density at radius 3 is 2.90 bits per heavy atom. The number of methoxy groups -OCH3 is 1. The SMILES string of the molecule is COCCOCc1nc2n(n1)[C@H](C(=O)Nc1ccc3ccccc3c1)CC(=O)N2. The van der Waals surface area contributed by atoms with Crippen LogP contribution in [0, 0.1) is 0 Å². The van der Waals surface area contributed by atoms with Gasteiger partial charge in [0.1, 0.15) is 12.6 Å². The number of hydrogen-bond donors (Lipinski definition) is 2. The van der Waals surface area contributed by atoms with Crippen molar-refractivity contribution in [2.75, 3.05) is 31.0 Å². The fourth-order valence-electron chi connectivity index (χ4n) is 3.17. The second kappa shape index (κ2) is 8.38. The molecule has 150 valence electrons. The third kappa shape index (κ3) is 4.25. The Balaban J connectivity index is 1.50. The standard InChI is InChI=1S/C20H21N5O4/c1-28-8-9-29-12-17-22-20-23-18(26)11-16(25(20)24-17)19(27)21-15-7-6-13-4-2-3-5-14(13)10-15/h2-7,10,16H,8-9,11-12H2,1H3,(H,21,27)(H,22,23,24,26)/t16-/m0/s1. The van der Waals surface area contributed by atoms with Gasteiger partial charge in [-0.15, -0.1) is 0 Å². The zero-order valence-electron chi connectivity index (χ0n) is 15.9. The van der Waals surface area contributed by atoms with Crippen LogP contribution in [-0.2, 0) is 25.7 Å². The molecule has 0 saturated heterocycles. The first-order valence-electron chi connectivity index (χ1n) is 9.25. The molecule has 2 aromatic carbocycles. The number of anilines is 2. The minimum absolute atomic E-state index is 0.0141. The van der Waals surface area contributed by atoms with E-state index < -0.39 is 6.04 Å². The molecule has 2 heterocycles. The van der Waals surface area contributed by atoms with Crippen LogP contribution in [0.15, 0.2) is 42.5 Å². The average molecular weight is 395 g/mol. The van der Waals surface area contributed by atoms with Crippen molar-refractivity contribution in [3.8, 4) is 0 Å². The molecule has 0 bridgehead atoms. The largest absolute Gasteiger partial charge is 0.382 e. The Hall–Kier alpha value is -3.30. The lowest BCUT2D eigenvalue weighted by Crippen LogP contribution is -2.36. The highest BCUT2D eigenvalue weighted by molar-refractivity contribution is 6.01. The van der Waals surface area contributed by atoms with Gasteiger partial charge in [0.15, 0.2) is 5.82 Å². The molecule has 2 amide bonds. The first-order valence-corrected chi connectivity index (χ1v) is 9.25. The molecule has 2 N–H and O–H groups in total. The molecule has 0 radical (unpaired) electrons. The second-order valence-corrected chi connectivity index (χ2v) is 6.66. The molecule has 1 aromatic heterocycles. The molecule has 0 aliphatic carbocycles. The van der Waals surface area contributed by atoms with Crippen molar-refractivity contribution in [3.63, 3.8) is 0 Å². The molecular formula is C20H21N5O4. The molecule has 0 spiro atoms. The molecule has 1 atom stereocenters. The smallest absolute Gasteiger partial charge is 0.249 e. The summed E-state index contributed by atoms with van der Waals surface area (Å²) in [5.41, 5.74) is 0.657. The van der Waals surface area contributed by atoms with E-state index in [9.17, 15) is 9.59 Å². The second-order valence-electron chi connectivity index (χ2n) is 6.66. The maximum atomic E-state index is 12.9. The van der Waals surface area contributed by atoms with Crippen molar-refractivity contribution in [2.24, 2.45) is 0 Å². The summed E-state index contributed by atoms with van der Waals surface area (Å²) in [6.07, 6.45) is -0.0141. The third-order valence-corrected chi connectivity index (χ3v) is 4.58. The number of aromatic nitrogens is 3. The predicted octanol–water partition coefficient (Wildman–Crippen LogP) is 2.12. The van der Waals surface area contributed by atoms with E-state index in [4.69, 9.17) is 9.47 Å². The van der Waals surface area contributed by atoms with Gasteiger partial charge in [-0.25, -0.2) is 4.68 Å². The number of carbonyl (C=O) groups excluding carboxylic acids is 2. The lowest BCUT2D eigenvalue weighted by molar-refractivity contribution is -0.125. The minimum atomic E-state index is -0.787. The number of fused-ring (bicyclic) bond motifs is 2. The molecule has 4 rings (SSSR count). The Morgan fingerprint density at radius 1 is 1.24 bits per heavy atom. The fourth-order valence-corrected chi connectivity index (χ4v) is 3.17. The van der Waals surface area contributed by atoms with Crippen LogP contribution in [-0.4, -0.2) is 46.9 Å². The number of hydrogen-bond acceptors (Lipinski definition) is 6. The van der Waals surface area contributed by atoms with E-state index in [1.807, 2.05) is 42.5 Å². The summed E-state index contributed by atoms with van der Waals surface area (Å²) in [4.78, 5) is 29.2. The van der Waals surface area contributed by atoms with Crippen LogP contribution >= 0.6 is 0 Å². The number of carbonyl (C=O) groups is 2. The highest BCUT2D eigenvalue weighted by Crippen LogP contribution is 2.25. The zero-order chi connectivity index (χ0) is 20.2. The molecule has 0 saturated carbocycles. The van der Waals surface area contributed by atoms with Gasteiger partial charge in [0.2, 0.25) is 17.8 Å². The lowest BCUT2D eigenvalue weighted by atomic mass is 10.1. The van der Waals surface area contributed by atoms with Crippen molar-refractivity contribution in [3.05, 3.63) is 48.3 Å². The summed E-state index contributed by atoms with van der Waals surface area (Å²) in [5, 5.41) is 12.0. The normalized spacial score (nSPS) is 15.8. The van der Waals surface area contributed by atoms with Crippen molar-refractivity contribution < 1.29 is 19.1 Å². The van der Waals surface area contributed by atoms with Gasteiger partial charge < -0.3 is 14.8 Å². The number of benzene rings is 2. The molecule has 29 heavy (non-hydrogen) atoms. The zero-order valence-corrected chi connectivity index (χ0v) is 15.9. The Morgan fingerprint density at radius 2 is 2.07 bits per heavy atom. The average Bonchev–Trinajstić information content (AvgIpc) is 3.13. The number of rotatable bonds is 7. The van der Waals surface area contributed by atoms with Crippen LogP contribution in [0.2, 0.25) is 0 Å². The number of nitrogens with one attached hydrogen (secondary N) is 2. The molecular weight excluding hydrogens is 374 g/mol. The van der Waals surface area contributed by atoms with Crippen molar-refractivity contribution in [2.45, 2.75) is 19.1 Å². The lowest BCUT2D eigenvalue weighted by Gasteiger charge is -2.22. The minimum Gasteiger partial charge on any atom is -0.382 e. The monoisotopic (exact) mass is 395 g/mol. The van der Waals surface area contributed by atoms with Crippen LogP contribution in [0.3, 0.4) is 0 Å². The van der Waals surface area contributed by atoms with E-state index in [1.165, 1.54) is 4.68 Å². The molecule has 3 aromatic rings.